The second kappa shape index (κ2) is 5.95. The van der Waals surface area contributed by atoms with E-state index in [1.54, 1.807) is 17.7 Å². The maximum Gasteiger partial charge on any atom is 0.237 e. The Labute approximate surface area is 120 Å². The maximum absolute atomic E-state index is 11.8. The Morgan fingerprint density at radius 3 is 2.85 bits per heavy atom. The van der Waals surface area contributed by atoms with Crippen LogP contribution in [0.15, 0.2) is 15.7 Å². The van der Waals surface area contributed by atoms with E-state index in [2.05, 4.69) is 20.7 Å². The first-order valence-electron chi connectivity index (χ1n) is 6.01. The summed E-state index contributed by atoms with van der Waals surface area (Å²) in [5.41, 5.74) is 6.35. The summed E-state index contributed by atoms with van der Waals surface area (Å²) >= 11 is 1.24. The van der Waals surface area contributed by atoms with Crippen molar-refractivity contribution in [1.29, 1.82) is 0 Å². The molecule has 0 atom stereocenters. The van der Waals surface area contributed by atoms with Crippen LogP contribution in [0.1, 0.15) is 25.5 Å². The van der Waals surface area contributed by atoms with Gasteiger partial charge in [-0.15, -0.1) is 10.2 Å². The summed E-state index contributed by atoms with van der Waals surface area (Å²) in [4.78, 5) is 11.8. The Morgan fingerprint density at radius 1 is 1.55 bits per heavy atom. The highest BCUT2D eigenvalue weighted by Crippen LogP contribution is 2.19. The fourth-order valence-corrected chi connectivity index (χ4v) is 2.09. The third-order valence-electron chi connectivity index (χ3n) is 2.58. The SMILES string of the molecule is CC(C)c1cc(NC(=O)CSc2nnc(N)n2C)on1. The Hall–Kier alpha value is -2.03. The van der Waals surface area contributed by atoms with Crippen LogP contribution in [0.5, 0.6) is 0 Å². The molecule has 2 aromatic heterocycles. The minimum Gasteiger partial charge on any atom is -0.368 e. The number of nitrogens with one attached hydrogen (secondary N) is 1. The molecule has 0 bridgehead atoms. The Morgan fingerprint density at radius 2 is 2.30 bits per heavy atom. The van der Waals surface area contributed by atoms with Crippen LogP contribution in [0.2, 0.25) is 0 Å². The number of nitrogens with two attached hydrogens (primary N) is 1. The third-order valence-corrected chi connectivity index (χ3v) is 3.60. The molecule has 2 heterocycles. The third kappa shape index (κ3) is 3.29. The summed E-state index contributed by atoms with van der Waals surface area (Å²) in [6.45, 7) is 4.00. The van der Waals surface area contributed by atoms with E-state index in [1.165, 1.54) is 11.8 Å². The van der Waals surface area contributed by atoms with Gasteiger partial charge in [0.25, 0.3) is 0 Å². The Bertz CT molecular complexity index is 606. The minimum atomic E-state index is -0.206. The number of hydrogen-bond donors (Lipinski definition) is 2. The highest BCUT2D eigenvalue weighted by Gasteiger charge is 2.12. The summed E-state index contributed by atoms with van der Waals surface area (Å²) in [6, 6.07) is 1.72. The summed E-state index contributed by atoms with van der Waals surface area (Å²) in [5.74, 6) is 0.883. The average molecular weight is 296 g/mol. The molecule has 0 saturated carbocycles. The predicted octanol–water partition coefficient (Wildman–Crippen LogP) is 1.24. The number of rotatable bonds is 5. The second-order valence-electron chi connectivity index (χ2n) is 4.51. The molecular weight excluding hydrogens is 280 g/mol. The molecule has 3 N–H and O–H groups in total. The van der Waals surface area contributed by atoms with Gasteiger partial charge >= 0.3 is 0 Å². The van der Waals surface area contributed by atoms with Crippen LogP contribution in [0, 0.1) is 0 Å². The first-order chi connectivity index (χ1) is 9.47. The van der Waals surface area contributed by atoms with E-state index in [-0.39, 0.29) is 17.6 Å². The van der Waals surface area contributed by atoms with Crippen molar-refractivity contribution in [3.05, 3.63) is 11.8 Å². The molecule has 20 heavy (non-hydrogen) atoms. The van der Waals surface area contributed by atoms with Crippen molar-refractivity contribution in [3.63, 3.8) is 0 Å². The van der Waals surface area contributed by atoms with Crippen molar-refractivity contribution in [1.82, 2.24) is 19.9 Å². The molecule has 2 rings (SSSR count). The van der Waals surface area contributed by atoms with Crippen LogP contribution in [0.25, 0.3) is 0 Å². The van der Waals surface area contributed by atoms with Crippen molar-refractivity contribution < 1.29 is 9.32 Å². The molecular formula is C11H16N6O2S. The molecule has 2 aromatic rings. The topological polar surface area (TPSA) is 112 Å². The largest absolute Gasteiger partial charge is 0.368 e. The minimum absolute atomic E-state index is 0.184. The van der Waals surface area contributed by atoms with Crippen molar-refractivity contribution in [2.24, 2.45) is 7.05 Å². The van der Waals surface area contributed by atoms with Crippen LogP contribution in [-0.2, 0) is 11.8 Å². The molecule has 108 valence electrons. The van der Waals surface area contributed by atoms with Crippen LogP contribution >= 0.6 is 11.8 Å². The summed E-state index contributed by atoms with van der Waals surface area (Å²) in [6.07, 6.45) is 0. The number of hydrogen-bond acceptors (Lipinski definition) is 7. The number of aromatic nitrogens is 4. The number of nitrogen functional groups attached to an aromatic ring is 1. The highest BCUT2D eigenvalue weighted by atomic mass is 32.2. The maximum atomic E-state index is 11.8. The molecule has 1 amide bonds. The molecule has 9 heteroatoms. The molecule has 0 fully saturated rings. The van der Waals surface area contributed by atoms with Crippen LogP contribution in [0.3, 0.4) is 0 Å². The van der Waals surface area contributed by atoms with E-state index < -0.39 is 0 Å². The Kier molecular flexibility index (Phi) is 4.28. The van der Waals surface area contributed by atoms with Crippen molar-refractivity contribution >= 4 is 29.5 Å². The van der Waals surface area contributed by atoms with E-state index in [0.717, 1.165) is 5.69 Å². The van der Waals surface area contributed by atoms with Crippen molar-refractivity contribution in [3.8, 4) is 0 Å². The number of thioether (sulfide) groups is 1. The fourth-order valence-electron chi connectivity index (χ4n) is 1.38. The smallest absolute Gasteiger partial charge is 0.237 e. The van der Waals surface area contributed by atoms with Crippen LogP contribution in [-0.4, -0.2) is 31.6 Å². The number of carbonyl (C=O) groups is 1. The van der Waals surface area contributed by atoms with E-state index >= 15 is 0 Å². The van der Waals surface area contributed by atoms with Gasteiger partial charge in [0.05, 0.1) is 11.4 Å². The molecule has 0 aliphatic heterocycles. The Balaban J connectivity index is 1.87. The molecule has 8 nitrogen and oxygen atoms in total. The summed E-state index contributed by atoms with van der Waals surface area (Å²) in [7, 11) is 1.74. The molecule has 0 saturated heterocycles. The number of carbonyl (C=O) groups excluding carboxylic acids is 1. The zero-order valence-corrected chi connectivity index (χ0v) is 12.3. The zero-order chi connectivity index (χ0) is 14.7. The lowest BCUT2D eigenvalue weighted by atomic mass is 10.1. The van der Waals surface area contributed by atoms with E-state index in [9.17, 15) is 4.79 Å². The van der Waals surface area contributed by atoms with E-state index in [1.807, 2.05) is 13.8 Å². The van der Waals surface area contributed by atoms with Crippen molar-refractivity contribution in [2.45, 2.75) is 24.9 Å². The van der Waals surface area contributed by atoms with E-state index in [4.69, 9.17) is 10.3 Å². The van der Waals surface area contributed by atoms with Gasteiger partial charge < -0.3 is 10.3 Å². The number of nitrogens with zero attached hydrogens (tertiary/aromatic N) is 4. The van der Waals surface area contributed by atoms with Gasteiger partial charge in [0.15, 0.2) is 5.16 Å². The number of anilines is 2. The second-order valence-corrected chi connectivity index (χ2v) is 5.45. The van der Waals surface area contributed by atoms with Gasteiger partial charge in [-0.25, -0.2) is 0 Å². The molecule has 0 aromatic carbocycles. The fraction of sp³-hybridized carbons (Fsp3) is 0.455. The lowest BCUT2D eigenvalue weighted by Crippen LogP contribution is -2.14. The van der Waals surface area contributed by atoms with Gasteiger partial charge in [0.2, 0.25) is 17.7 Å². The van der Waals surface area contributed by atoms with Crippen LogP contribution < -0.4 is 11.1 Å². The number of amides is 1. The van der Waals surface area contributed by atoms with Crippen molar-refractivity contribution in [2.75, 3.05) is 16.8 Å². The lowest BCUT2D eigenvalue weighted by molar-refractivity contribution is -0.113. The van der Waals surface area contributed by atoms with Gasteiger partial charge in [0.1, 0.15) is 0 Å². The normalized spacial score (nSPS) is 11.0. The highest BCUT2D eigenvalue weighted by molar-refractivity contribution is 7.99. The predicted molar refractivity (Wildman–Crippen MR) is 75.4 cm³/mol. The van der Waals surface area contributed by atoms with Crippen LogP contribution in [0.4, 0.5) is 11.8 Å². The van der Waals surface area contributed by atoms with Gasteiger partial charge in [-0.05, 0) is 5.92 Å². The molecule has 0 unspecified atom stereocenters. The molecule has 0 radical (unpaired) electrons. The molecule has 0 aliphatic carbocycles. The standard InChI is InChI=1S/C11H16N6O2S/c1-6(2)7-4-9(19-16-7)13-8(18)5-20-11-15-14-10(12)17(11)3/h4,6H,5H2,1-3H3,(H2,12,14)(H,13,18). The first-order valence-corrected chi connectivity index (χ1v) is 7.00. The average Bonchev–Trinajstić information content (AvgIpc) is 2.97. The molecule has 0 spiro atoms. The van der Waals surface area contributed by atoms with Gasteiger partial charge in [-0.3, -0.25) is 14.7 Å². The monoisotopic (exact) mass is 296 g/mol. The summed E-state index contributed by atoms with van der Waals surface area (Å²) in [5, 5.41) is 14.6. The lowest BCUT2D eigenvalue weighted by Gasteiger charge is -2.01. The summed E-state index contributed by atoms with van der Waals surface area (Å²) < 4.78 is 6.65. The van der Waals surface area contributed by atoms with Gasteiger partial charge in [0, 0.05) is 13.1 Å². The van der Waals surface area contributed by atoms with E-state index in [0.29, 0.717) is 17.0 Å². The van der Waals surface area contributed by atoms with Gasteiger partial charge in [-0.2, -0.15) is 0 Å². The zero-order valence-electron chi connectivity index (χ0n) is 11.5. The van der Waals surface area contributed by atoms with Gasteiger partial charge in [-0.1, -0.05) is 30.8 Å². The first kappa shape index (κ1) is 14.4. The quantitative estimate of drug-likeness (QED) is 0.798. The molecule has 0 aliphatic rings.